The number of hydrogen-bond acceptors (Lipinski definition) is 6. The maximum absolute atomic E-state index is 13.0. The summed E-state index contributed by atoms with van der Waals surface area (Å²) >= 11 is 0. The van der Waals surface area contributed by atoms with Crippen LogP contribution in [0.15, 0.2) is 18.2 Å². The number of benzene rings is 1. The highest BCUT2D eigenvalue weighted by molar-refractivity contribution is 5.78. The predicted molar refractivity (Wildman–Crippen MR) is 118 cm³/mol. The first-order valence-electron chi connectivity index (χ1n) is 11.2. The largest absolute Gasteiger partial charge is 0.416 e. The number of aromatic nitrogens is 2. The van der Waals surface area contributed by atoms with Gasteiger partial charge in [-0.3, -0.25) is 4.90 Å². The molecule has 174 valence electrons. The van der Waals surface area contributed by atoms with E-state index in [1.165, 1.54) is 6.07 Å². The summed E-state index contributed by atoms with van der Waals surface area (Å²) in [5.41, 5.74) is 8.50. The second-order valence-electron chi connectivity index (χ2n) is 8.87. The van der Waals surface area contributed by atoms with Crippen molar-refractivity contribution in [3.63, 3.8) is 0 Å². The van der Waals surface area contributed by atoms with Crippen molar-refractivity contribution in [3.8, 4) is 11.3 Å². The van der Waals surface area contributed by atoms with E-state index in [1.54, 1.807) is 0 Å². The van der Waals surface area contributed by atoms with Gasteiger partial charge >= 0.3 is 6.18 Å². The van der Waals surface area contributed by atoms with E-state index >= 15 is 0 Å². The van der Waals surface area contributed by atoms with Gasteiger partial charge < -0.3 is 16.2 Å². The number of rotatable bonds is 5. The normalized spacial score (nSPS) is 20.6. The van der Waals surface area contributed by atoms with Crippen molar-refractivity contribution in [1.29, 1.82) is 0 Å². The molecule has 2 heterocycles. The monoisotopic (exact) mass is 449 g/mol. The Kier molecular flexibility index (Phi) is 6.57. The number of nitrogens with one attached hydrogen (secondary N) is 1. The maximum Gasteiger partial charge on any atom is 0.416 e. The van der Waals surface area contributed by atoms with Crippen LogP contribution in [0.5, 0.6) is 0 Å². The lowest BCUT2D eigenvalue weighted by Crippen LogP contribution is -2.47. The molecule has 4 rings (SSSR count). The van der Waals surface area contributed by atoms with Crippen molar-refractivity contribution in [1.82, 2.24) is 15.1 Å². The molecule has 2 atom stereocenters. The molecule has 1 fully saturated rings. The molecule has 1 aliphatic carbocycles. The van der Waals surface area contributed by atoms with Gasteiger partial charge in [-0.15, -0.1) is 10.2 Å². The summed E-state index contributed by atoms with van der Waals surface area (Å²) in [4.78, 5) is 2.28. The average molecular weight is 450 g/mol. The van der Waals surface area contributed by atoms with E-state index in [-0.39, 0.29) is 24.4 Å². The first kappa shape index (κ1) is 22.8. The van der Waals surface area contributed by atoms with Crippen LogP contribution in [0.1, 0.15) is 49.3 Å². The zero-order chi connectivity index (χ0) is 22.9. The minimum absolute atomic E-state index is 0.0588. The van der Waals surface area contributed by atoms with E-state index in [9.17, 15) is 18.3 Å². The molecule has 4 N–H and O–H groups in total. The lowest BCUT2D eigenvalue weighted by Gasteiger charge is -2.37. The van der Waals surface area contributed by atoms with Crippen LogP contribution in [0.3, 0.4) is 0 Å². The third-order valence-corrected chi connectivity index (χ3v) is 6.60. The van der Waals surface area contributed by atoms with Crippen LogP contribution < -0.4 is 11.1 Å². The molecular formula is C23H30F3N5O. The van der Waals surface area contributed by atoms with Gasteiger partial charge in [0, 0.05) is 35.4 Å². The lowest BCUT2D eigenvalue weighted by atomic mass is 9.88. The molecule has 2 aromatic rings. The van der Waals surface area contributed by atoms with Gasteiger partial charge in [-0.05, 0) is 69.7 Å². The molecule has 2 aliphatic rings. The van der Waals surface area contributed by atoms with Crippen LogP contribution in [0.25, 0.3) is 11.3 Å². The Labute approximate surface area is 186 Å². The topological polar surface area (TPSA) is 87.3 Å². The molecule has 0 saturated carbocycles. The van der Waals surface area contributed by atoms with Crippen LogP contribution in [-0.2, 0) is 19.0 Å². The van der Waals surface area contributed by atoms with Crippen LogP contribution in [-0.4, -0.2) is 52.0 Å². The number of nitrogens with zero attached hydrogens (tertiary/aromatic N) is 3. The zero-order valence-electron chi connectivity index (χ0n) is 18.3. The van der Waals surface area contributed by atoms with Gasteiger partial charge in [0.05, 0.1) is 17.9 Å². The molecular weight excluding hydrogens is 419 g/mol. The molecule has 0 spiro atoms. The number of anilines is 2. The van der Waals surface area contributed by atoms with Crippen LogP contribution in [0.4, 0.5) is 24.7 Å². The number of nitrogens with two attached hydrogens (primary N) is 1. The Morgan fingerprint density at radius 2 is 1.94 bits per heavy atom. The number of likely N-dealkylation sites (tertiary alicyclic amines) is 1. The van der Waals surface area contributed by atoms with Crippen LogP contribution in [0, 0.1) is 0 Å². The minimum atomic E-state index is -4.44. The molecule has 32 heavy (non-hydrogen) atoms. The third kappa shape index (κ3) is 4.68. The maximum atomic E-state index is 13.0. The number of aliphatic hydroxyl groups excluding tert-OH is 1. The van der Waals surface area contributed by atoms with E-state index in [1.807, 2.05) is 6.92 Å². The molecule has 0 bridgehead atoms. The molecule has 1 aliphatic heterocycles. The first-order valence-corrected chi connectivity index (χ1v) is 11.2. The fourth-order valence-electron chi connectivity index (χ4n) is 4.77. The second-order valence-corrected chi connectivity index (χ2v) is 8.87. The number of alkyl halides is 3. The second kappa shape index (κ2) is 9.23. The molecule has 6 nitrogen and oxygen atoms in total. The molecule has 9 heteroatoms. The minimum Gasteiger partial charge on any atom is -0.398 e. The summed E-state index contributed by atoms with van der Waals surface area (Å²) in [6, 6.07) is 3.74. The van der Waals surface area contributed by atoms with Gasteiger partial charge in [-0.1, -0.05) is 6.07 Å². The molecule has 0 amide bonds. The van der Waals surface area contributed by atoms with E-state index in [0.717, 1.165) is 80.7 Å². The number of aliphatic hydroxyl groups is 1. The number of piperidine rings is 1. The quantitative estimate of drug-likeness (QED) is 0.601. The number of halogens is 3. The smallest absolute Gasteiger partial charge is 0.398 e. The summed E-state index contributed by atoms with van der Waals surface area (Å²) in [7, 11) is 0. The summed E-state index contributed by atoms with van der Waals surface area (Å²) in [5.74, 6) is 0.762. The van der Waals surface area contributed by atoms with Crippen molar-refractivity contribution in [2.75, 3.05) is 30.7 Å². The Bertz CT molecular complexity index is 965. The molecule has 1 saturated heterocycles. The van der Waals surface area contributed by atoms with Gasteiger partial charge in [0.25, 0.3) is 0 Å². The van der Waals surface area contributed by atoms with Crippen molar-refractivity contribution in [2.45, 2.75) is 63.7 Å². The third-order valence-electron chi connectivity index (χ3n) is 6.60. The Balaban J connectivity index is 1.63. The average Bonchev–Trinajstić information content (AvgIpc) is 2.78. The Morgan fingerprint density at radius 3 is 2.62 bits per heavy atom. The molecule has 1 aromatic carbocycles. The Morgan fingerprint density at radius 1 is 1.19 bits per heavy atom. The standard InChI is InChI=1S/C23H30F3N5O/c1-14(13-32)31-10-4-5-16(12-31)28-22-18-7-3-2-6-17(18)21(29-30-22)19-9-8-15(11-20(19)27)23(24,25)26/h8-9,11,14,16,32H,2-7,10,12-13,27H2,1H3,(H,28,30)/t14?,16-/m1/s1. The Hall–Kier alpha value is -2.39. The SMILES string of the molecule is CC(CO)N1CCC[C@@H](Nc2nnc(-c3ccc(C(F)(F)F)cc3N)c3c2CCCC3)C1. The number of fused-ring (bicyclic) bond motifs is 1. The number of nitrogen functional groups attached to an aromatic ring is 1. The highest BCUT2D eigenvalue weighted by Gasteiger charge is 2.32. The van der Waals surface area contributed by atoms with E-state index in [4.69, 9.17) is 5.73 Å². The predicted octanol–water partition coefficient (Wildman–Crippen LogP) is 3.88. The van der Waals surface area contributed by atoms with Gasteiger partial charge in [-0.2, -0.15) is 13.2 Å². The van der Waals surface area contributed by atoms with Gasteiger partial charge in [-0.25, -0.2) is 0 Å². The van der Waals surface area contributed by atoms with Crippen molar-refractivity contribution >= 4 is 11.5 Å². The summed E-state index contributed by atoms with van der Waals surface area (Å²) in [6.07, 6.45) is 1.30. The highest BCUT2D eigenvalue weighted by Crippen LogP contribution is 2.38. The van der Waals surface area contributed by atoms with Crippen LogP contribution in [0.2, 0.25) is 0 Å². The van der Waals surface area contributed by atoms with Gasteiger partial charge in [0.2, 0.25) is 0 Å². The summed E-state index contributed by atoms with van der Waals surface area (Å²) in [6.45, 7) is 3.94. The number of hydrogen-bond donors (Lipinski definition) is 3. The first-order chi connectivity index (χ1) is 15.3. The molecule has 0 radical (unpaired) electrons. The molecule has 1 unspecified atom stereocenters. The van der Waals surface area contributed by atoms with E-state index in [2.05, 4.69) is 20.4 Å². The lowest BCUT2D eigenvalue weighted by molar-refractivity contribution is -0.137. The highest BCUT2D eigenvalue weighted by atomic mass is 19.4. The van der Waals surface area contributed by atoms with Gasteiger partial charge in [0.15, 0.2) is 5.82 Å². The zero-order valence-corrected chi connectivity index (χ0v) is 18.3. The van der Waals surface area contributed by atoms with Crippen molar-refractivity contribution in [2.24, 2.45) is 0 Å². The van der Waals surface area contributed by atoms with Gasteiger partial charge in [0.1, 0.15) is 0 Å². The van der Waals surface area contributed by atoms with Crippen LogP contribution >= 0.6 is 0 Å². The van der Waals surface area contributed by atoms with E-state index < -0.39 is 11.7 Å². The van der Waals surface area contributed by atoms with Crippen molar-refractivity contribution < 1.29 is 18.3 Å². The fourth-order valence-corrected chi connectivity index (χ4v) is 4.77. The fraction of sp³-hybridized carbons (Fsp3) is 0.565. The molecule has 1 aromatic heterocycles. The summed E-state index contributed by atoms with van der Waals surface area (Å²) in [5, 5.41) is 21.9. The van der Waals surface area contributed by atoms with Crippen molar-refractivity contribution in [3.05, 3.63) is 34.9 Å². The summed E-state index contributed by atoms with van der Waals surface area (Å²) < 4.78 is 39.1. The van der Waals surface area contributed by atoms with E-state index in [0.29, 0.717) is 11.3 Å².